The topological polar surface area (TPSA) is 79.0 Å². The lowest BCUT2D eigenvalue weighted by Crippen LogP contribution is -2.57. The number of Topliss-reactive ketones (excluding diaryl/α,β-unsaturated/α-hetero) is 1. The van der Waals surface area contributed by atoms with Crippen molar-refractivity contribution in [3.05, 3.63) is 71.5 Å². The number of aromatic nitrogens is 2. The minimum atomic E-state index is -1.20. The number of benzene rings is 1. The van der Waals surface area contributed by atoms with Crippen molar-refractivity contribution >= 4 is 17.5 Å². The molecule has 2 aromatic rings. The average Bonchev–Trinajstić information content (AvgIpc) is 3.12. The highest BCUT2D eigenvalue weighted by Gasteiger charge is 2.57. The van der Waals surface area contributed by atoms with Crippen molar-refractivity contribution in [1.82, 2.24) is 9.78 Å². The first-order chi connectivity index (χ1) is 13.3. The van der Waals surface area contributed by atoms with Gasteiger partial charge in [0.1, 0.15) is 17.3 Å². The van der Waals surface area contributed by atoms with Gasteiger partial charge in [0.2, 0.25) is 5.91 Å². The smallest absolute Gasteiger partial charge is 0.247 e. The third-order valence-electron chi connectivity index (χ3n) is 5.75. The summed E-state index contributed by atoms with van der Waals surface area (Å²) in [5.41, 5.74) is -0.674. The Morgan fingerprint density at radius 1 is 1.14 bits per heavy atom. The zero-order valence-corrected chi connectivity index (χ0v) is 16.0. The molecular formula is C22H20N4O2. The molecule has 140 valence electrons. The van der Waals surface area contributed by atoms with E-state index in [1.807, 2.05) is 42.5 Å². The fourth-order valence-corrected chi connectivity index (χ4v) is 4.36. The Labute approximate surface area is 163 Å². The van der Waals surface area contributed by atoms with Crippen LogP contribution in [0, 0.1) is 16.7 Å². The Balaban J connectivity index is 2.05. The molecule has 0 saturated heterocycles. The minimum Gasteiger partial charge on any atom is -0.292 e. The summed E-state index contributed by atoms with van der Waals surface area (Å²) >= 11 is 0. The molecule has 0 spiro atoms. The summed E-state index contributed by atoms with van der Waals surface area (Å²) in [7, 11) is 1.78. The van der Waals surface area contributed by atoms with Crippen LogP contribution in [0.4, 0.5) is 5.82 Å². The predicted octanol–water partition coefficient (Wildman–Crippen LogP) is 2.69. The third kappa shape index (κ3) is 2.23. The molecule has 1 atom stereocenters. The van der Waals surface area contributed by atoms with Crippen molar-refractivity contribution < 1.29 is 9.59 Å². The number of ketones is 1. The van der Waals surface area contributed by atoms with Crippen LogP contribution in [-0.4, -0.2) is 28.0 Å². The number of rotatable bonds is 2. The fourth-order valence-electron chi connectivity index (χ4n) is 4.36. The van der Waals surface area contributed by atoms with E-state index in [4.69, 9.17) is 0 Å². The lowest BCUT2D eigenvalue weighted by atomic mass is 9.56. The van der Waals surface area contributed by atoms with E-state index in [9.17, 15) is 14.9 Å². The van der Waals surface area contributed by atoms with E-state index in [-0.39, 0.29) is 17.3 Å². The molecule has 2 heterocycles. The van der Waals surface area contributed by atoms with E-state index < -0.39 is 10.8 Å². The van der Waals surface area contributed by atoms with Crippen molar-refractivity contribution in [1.29, 1.82) is 5.26 Å². The maximum Gasteiger partial charge on any atom is 0.247 e. The van der Waals surface area contributed by atoms with Gasteiger partial charge in [-0.2, -0.15) is 10.4 Å². The summed E-state index contributed by atoms with van der Waals surface area (Å²) in [5.74, 6) is 0.222. The van der Waals surface area contributed by atoms with Crippen LogP contribution in [-0.2, 0) is 22.1 Å². The van der Waals surface area contributed by atoms with Crippen LogP contribution in [0.5, 0.6) is 0 Å². The van der Waals surface area contributed by atoms with Crippen LogP contribution in [0.3, 0.4) is 0 Å². The van der Waals surface area contributed by atoms with E-state index in [0.717, 1.165) is 11.1 Å². The van der Waals surface area contributed by atoms with Crippen LogP contribution in [0.1, 0.15) is 19.4 Å². The van der Waals surface area contributed by atoms with E-state index >= 15 is 0 Å². The summed E-state index contributed by atoms with van der Waals surface area (Å²) in [5, 5.41) is 13.8. The quantitative estimate of drug-likeness (QED) is 0.759. The first-order valence-electron chi connectivity index (χ1n) is 9.08. The Bertz CT molecular complexity index is 1090. The molecule has 28 heavy (non-hydrogen) atoms. The summed E-state index contributed by atoms with van der Waals surface area (Å²) < 4.78 is 1.64. The number of allylic oxidation sites excluding steroid dienone is 1. The Hall–Kier alpha value is -3.46. The van der Waals surface area contributed by atoms with Gasteiger partial charge in [-0.3, -0.25) is 19.2 Å². The molecule has 1 aliphatic heterocycles. The van der Waals surface area contributed by atoms with Crippen molar-refractivity contribution in [3.8, 4) is 6.07 Å². The predicted molar refractivity (Wildman–Crippen MR) is 104 cm³/mol. The molecule has 1 unspecified atom stereocenters. The van der Waals surface area contributed by atoms with Gasteiger partial charge < -0.3 is 0 Å². The standard InChI is InChI=1S/C22H20N4O2/c1-21(2)17-10-12-26(18-9-11-24-25(18)3)20(28)22(17,13-15(14-23)19(21)27)16-7-5-4-6-8-16/h4-11,13H,12H2,1-3H3. The number of fused-ring (bicyclic) bond motifs is 1. The SMILES string of the molecule is Cn1nccc1N1CC=C2C(C)(C)C(=O)C(C#N)=CC2(c2ccccc2)C1=O. The number of amides is 1. The highest BCUT2D eigenvalue weighted by molar-refractivity contribution is 6.14. The lowest BCUT2D eigenvalue weighted by molar-refractivity contribution is -0.125. The van der Waals surface area contributed by atoms with Crippen molar-refractivity contribution in [3.63, 3.8) is 0 Å². The van der Waals surface area contributed by atoms with Gasteiger partial charge in [0.15, 0.2) is 5.78 Å². The molecule has 0 radical (unpaired) electrons. The number of aryl methyl sites for hydroxylation is 1. The van der Waals surface area contributed by atoms with Gasteiger partial charge in [-0.1, -0.05) is 36.4 Å². The summed E-state index contributed by atoms with van der Waals surface area (Å²) in [6.07, 6.45) is 5.14. The van der Waals surface area contributed by atoms with Crippen molar-refractivity contribution in [2.24, 2.45) is 12.5 Å². The summed E-state index contributed by atoms with van der Waals surface area (Å²) in [4.78, 5) is 28.5. The van der Waals surface area contributed by atoms with E-state index in [2.05, 4.69) is 5.10 Å². The number of nitrogens with zero attached hydrogens (tertiary/aromatic N) is 4. The maximum absolute atomic E-state index is 14.0. The van der Waals surface area contributed by atoms with E-state index in [1.165, 1.54) is 0 Å². The molecule has 0 N–H and O–H groups in total. The zero-order valence-electron chi connectivity index (χ0n) is 16.0. The summed E-state index contributed by atoms with van der Waals surface area (Å²) in [6.45, 7) is 3.92. The first-order valence-corrected chi connectivity index (χ1v) is 9.08. The Kier molecular flexibility index (Phi) is 3.86. The molecule has 4 rings (SSSR count). The van der Waals surface area contributed by atoms with Crippen molar-refractivity contribution in [2.45, 2.75) is 19.3 Å². The second-order valence-corrected chi connectivity index (χ2v) is 7.64. The fraction of sp³-hybridized carbons (Fsp3) is 0.273. The molecule has 1 aromatic heterocycles. The monoisotopic (exact) mass is 372 g/mol. The van der Waals surface area contributed by atoms with Crippen LogP contribution in [0.15, 0.2) is 65.9 Å². The number of hydrogen-bond donors (Lipinski definition) is 0. The van der Waals surface area contributed by atoms with Crippen LogP contribution < -0.4 is 4.90 Å². The highest BCUT2D eigenvalue weighted by atomic mass is 16.2. The number of hydrogen-bond acceptors (Lipinski definition) is 4. The highest BCUT2D eigenvalue weighted by Crippen LogP contribution is 2.52. The van der Waals surface area contributed by atoms with Crippen molar-refractivity contribution in [2.75, 3.05) is 11.4 Å². The van der Waals surface area contributed by atoms with E-state index in [1.54, 1.807) is 48.8 Å². The Morgan fingerprint density at radius 2 is 1.86 bits per heavy atom. The summed E-state index contributed by atoms with van der Waals surface area (Å²) in [6, 6.07) is 13.1. The number of carbonyl (C=O) groups excluding carboxylic acids is 2. The van der Waals surface area contributed by atoms with Gasteiger partial charge in [0.05, 0.1) is 17.2 Å². The van der Waals surface area contributed by atoms with Gasteiger partial charge in [0.25, 0.3) is 0 Å². The Morgan fingerprint density at radius 3 is 2.46 bits per heavy atom. The molecule has 0 saturated carbocycles. The van der Waals surface area contributed by atoms with Gasteiger partial charge in [-0.15, -0.1) is 0 Å². The van der Waals surface area contributed by atoms with Crippen LogP contribution in [0.25, 0.3) is 0 Å². The average molecular weight is 372 g/mol. The molecule has 6 heteroatoms. The number of anilines is 1. The van der Waals surface area contributed by atoms with Crippen LogP contribution >= 0.6 is 0 Å². The molecule has 2 aliphatic rings. The second-order valence-electron chi connectivity index (χ2n) is 7.64. The minimum absolute atomic E-state index is 0.0196. The lowest BCUT2D eigenvalue weighted by Gasteiger charge is -2.48. The number of carbonyl (C=O) groups is 2. The van der Waals surface area contributed by atoms with Gasteiger partial charge in [-0.05, 0) is 31.1 Å². The molecule has 1 amide bonds. The molecule has 1 aromatic carbocycles. The molecule has 1 aliphatic carbocycles. The molecule has 0 fully saturated rings. The number of nitriles is 1. The van der Waals surface area contributed by atoms with Crippen LogP contribution in [0.2, 0.25) is 0 Å². The maximum atomic E-state index is 14.0. The van der Waals surface area contributed by atoms with Gasteiger partial charge in [0, 0.05) is 19.7 Å². The normalized spacial score (nSPS) is 23.6. The third-order valence-corrected chi connectivity index (χ3v) is 5.75. The zero-order chi connectivity index (χ0) is 20.1. The van der Waals surface area contributed by atoms with Gasteiger partial charge >= 0.3 is 0 Å². The largest absolute Gasteiger partial charge is 0.292 e. The molecule has 0 bridgehead atoms. The second kappa shape index (κ2) is 6.03. The molecule has 6 nitrogen and oxygen atoms in total. The molecular weight excluding hydrogens is 352 g/mol. The van der Waals surface area contributed by atoms with Gasteiger partial charge in [-0.25, -0.2) is 0 Å². The first kappa shape index (κ1) is 17.9. The van der Waals surface area contributed by atoms with E-state index in [0.29, 0.717) is 12.4 Å².